The molecule has 34 heavy (non-hydrogen) atoms. The topological polar surface area (TPSA) is 54.9 Å². The van der Waals surface area contributed by atoms with Gasteiger partial charge in [0.25, 0.3) is 5.91 Å². The lowest BCUT2D eigenvalue weighted by Gasteiger charge is -2.33. The van der Waals surface area contributed by atoms with Gasteiger partial charge in [0.2, 0.25) is 0 Å². The van der Waals surface area contributed by atoms with Crippen molar-refractivity contribution >= 4 is 22.5 Å². The second kappa shape index (κ2) is 9.58. The van der Waals surface area contributed by atoms with Gasteiger partial charge in [-0.3, -0.25) is 14.7 Å². The fourth-order valence-electron chi connectivity index (χ4n) is 4.93. The van der Waals surface area contributed by atoms with Crippen molar-refractivity contribution in [1.82, 2.24) is 9.88 Å². The van der Waals surface area contributed by atoms with Gasteiger partial charge >= 0.3 is 0 Å². The second-order valence-corrected chi connectivity index (χ2v) is 9.27. The summed E-state index contributed by atoms with van der Waals surface area (Å²) < 4.78 is 25.8. The molecule has 6 nitrogen and oxygen atoms in total. The number of fused-ring (bicyclic) bond motifs is 2. The number of piperidine rings is 1. The minimum absolute atomic E-state index is 0.0159. The van der Waals surface area contributed by atoms with Crippen LogP contribution in [0.2, 0.25) is 0 Å². The third kappa shape index (κ3) is 4.71. The number of likely N-dealkylation sites (N-methyl/N-ethyl adjacent to an activating group) is 1. The Kier molecular flexibility index (Phi) is 6.37. The molecular formula is C27H30FN3O3. The summed E-state index contributed by atoms with van der Waals surface area (Å²) >= 11 is 0. The van der Waals surface area contributed by atoms with E-state index in [1.165, 1.54) is 17.7 Å². The molecule has 0 bridgehead atoms. The van der Waals surface area contributed by atoms with Gasteiger partial charge in [-0.2, -0.15) is 0 Å². The molecule has 0 N–H and O–H groups in total. The van der Waals surface area contributed by atoms with Gasteiger partial charge < -0.3 is 14.4 Å². The summed E-state index contributed by atoms with van der Waals surface area (Å²) in [5.74, 6) is 1.64. The van der Waals surface area contributed by atoms with E-state index < -0.39 is 0 Å². The Morgan fingerprint density at radius 1 is 1.18 bits per heavy atom. The van der Waals surface area contributed by atoms with Crippen molar-refractivity contribution < 1.29 is 18.7 Å². The summed E-state index contributed by atoms with van der Waals surface area (Å²) in [5, 5.41) is 0.839. The molecule has 2 aliphatic heterocycles. The zero-order chi connectivity index (χ0) is 23.7. The Labute approximate surface area is 199 Å². The van der Waals surface area contributed by atoms with Crippen molar-refractivity contribution in [3.63, 3.8) is 0 Å². The van der Waals surface area contributed by atoms with E-state index in [1.54, 1.807) is 11.9 Å². The van der Waals surface area contributed by atoms with Crippen LogP contribution in [0.1, 0.15) is 24.1 Å². The van der Waals surface area contributed by atoms with E-state index in [2.05, 4.69) is 16.0 Å². The number of aromatic nitrogens is 1. The predicted molar refractivity (Wildman–Crippen MR) is 130 cm³/mol. The average molecular weight is 464 g/mol. The lowest BCUT2D eigenvalue weighted by molar-refractivity contribution is -0.121. The molecule has 5 rings (SSSR count). The highest BCUT2D eigenvalue weighted by molar-refractivity contribution is 5.97. The van der Waals surface area contributed by atoms with E-state index >= 15 is 0 Å². The van der Waals surface area contributed by atoms with Gasteiger partial charge in [0.15, 0.2) is 6.61 Å². The van der Waals surface area contributed by atoms with Crippen LogP contribution in [0.3, 0.4) is 0 Å². The van der Waals surface area contributed by atoms with E-state index in [4.69, 9.17) is 9.47 Å². The predicted octanol–water partition coefficient (Wildman–Crippen LogP) is 4.37. The largest absolute Gasteiger partial charge is 0.491 e. The molecule has 3 aromatic rings. The van der Waals surface area contributed by atoms with Crippen LogP contribution in [0, 0.1) is 18.7 Å². The first-order chi connectivity index (χ1) is 16.5. The van der Waals surface area contributed by atoms with E-state index in [9.17, 15) is 9.18 Å². The smallest absolute Gasteiger partial charge is 0.264 e. The van der Waals surface area contributed by atoms with E-state index in [1.807, 2.05) is 31.2 Å². The van der Waals surface area contributed by atoms with Crippen molar-refractivity contribution in [2.24, 2.45) is 5.92 Å². The molecule has 7 heteroatoms. The minimum Gasteiger partial charge on any atom is -0.491 e. The van der Waals surface area contributed by atoms with Crippen molar-refractivity contribution in [3.8, 4) is 11.5 Å². The number of pyridine rings is 1. The quantitative estimate of drug-likeness (QED) is 0.543. The van der Waals surface area contributed by atoms with Crippen molar-refractivity contribution in [3.05, 3.63) is 59.5 Å². The maximum atomic E-state index is 14.0. The SMILES string of the molecule is Cc1ccc2c(OCCN3CCC(Cc4cccc5c4OCC(=O)N5C)CC3)cc(F)cc2n1. The number of anilines is 1. The van der Waals surface area contributed by atoms with Crippen molar-refractivity contribution in [2.75, 3.05) is 44.8 Å². The van der Waals surface area contributed by atoms with Crippen LogP contribution in [0.4, 0.5) is 10.1 Å². The third-order valence-corrected chi connectivity index (χ3v) is 6.91. The molecule has 178 valence electrons. The molecule has 0 radical (unpaired) electrons. The molecule has 1 saturated heterocycles. The number of benzene rings is 2. The van der Waals surface area contributed by atoms with Crippen LogP contribution in [-0.4, -0.2) is 55.7 Å². The van der Waals surface area contributed by atoms with Crippen molar-refractivity contribution in [1.29, 1.82) is 0 Å². The maximum Gasteiger partial charge on any atom is 0.264 e. The van der Waals surface area contributed by atoms with Crippen LogP contribution >= 0.6 is 0 Å². The number of ether oxygens (including phenoxy) is 2. The second-order valence-electron chi connectivity index (χ2n) is 9.27. The number of rotatable bonds is 6. The number of carbonyl (C=O) groups excluding carboxylic acids is 1. The molecule has 0 spiro atoms. The zero-order valence-corrected chi connectivity index (χ0v) is 19.7. The highest BCUT2D eigenvalue weighted by Gasteiger charge is 2.26. The highest BCUT2D eigenvalue weighted by Crippen LogP contribution is 2.37. The number of amides is 1. The first kappa shape index (κ1) is 22.6. The van der Waals surface area contributed by atoms with Crippen LogP contribution in [0.15, 0.2) is 42.5 Å². The number of likely N-dealkylation sites (tertiary alicyclic amines) is 1. The number of aryl methyl sites for hydroxylation is 1. The van der Waals surface area contributed by atoms with Crippen molar-refractivity contribution in [2.45, 2.75) is 26.2 Å². The Hall–Kier alpha value is -3.19. The van der Waals surface area contributed by atoms with Crippen LogP contribution < -0.4 is 14.4 Å². The average Bonchev–Trinajstić information content (AvgIpc) is 2.82. The van der Waals surface area contributed by atoms with E-state index in [-0.39, 0.29) is 18.3 Å². The van der Waals surface area contributed by atoms with E-state index in [0.29, 0.717) is 23.8 Å². The molecule has 3 heterocycles. The maximum absolute atomic E-state index is 14.0. The Bertz CT molecular complexity index is 1200. The summed E-state index contributed by atoms with van der Waals surface area (Å²) in [5.41, 5.74) is 3.52. The fraction of sp³-hybridized carbons (Fsp3) is 0.407. The third-order valence-electron chi connectivity index (χ3n) is 6.91. The van der Waals surface area contributed by atoms with Gasteiger partial charge in [-0.1, -0.05) is 12.1 Å². The number of hydrogen-bond acceptors (Lipinski definition) is 5. The number of carbonyl (C=O) groups is 1. The molecule has 0 aliphatic carbocycles. The summed E-state index contributed by atoms with van der Waals surface area (Å²) in [4.78, 5) is 20.4. The molecule has 0 unspecified atom stereocenters. The molecule has 2 aromatic carbocycles. The lowest BCUT2D eigenvalue weighted by Crippen LogP contribution is -2.37. The molecule has 1 fully saturated rings. The van der Waals surface area contributed by atoms with Crippen LogP contribution in [0.5, 0.6) is 11.5 Å². The summed E-state index contributed by atoms with van der Waals surface area (Å²) in [6.07, 6.45) is 3.16. The molecule has 0 saturated carbocycles. The van der Waals surface area contributed by atoms with E-state index in [0.717, 1.165) is 61.4 Å². The van der Waals surface area contributed by atoms with Gasteiger partial charge in [-0.05, 0) is 69.0 Å². The highest BCUT2D eigenvalue weighted by atomic mass is 19.1. The molecule has 1 aromatic heterocycles. The Morgan fingerprint density at radius 2 is 2.00 bits per heavy atom. The Balaban J connectivity index is 1.14. The van der Waals surface area contributed by atoms with Gasteiger partial charge in [0, 0.05) is 36.8 Å². The first-order valence-electron chi connectivity index (χ1n) is 11.9. The number of halogens is 1. The summed E-state index contributed by atoms with van der Waals surface area (Å²) in [7, 11) is 1.80. The van der Waals surface area contributed by atoms with Crippen LogP contribution in [-0.2, 0) is 11.2 Å². The lowest BCUT2D eigenvalue weighted by atomic mass is 9.89. The molecule has 2 aliphatic rings. The summed E-state index contributed by atoms with van der Waals surface area (Å²) in [6, 6.07) is 12.8. The monoisotopic (exact) mass is 463 g/mol. The normalized spacial score (nSPS) is 17.0. The van der Waals surface area contributed by atoms with Crippen LogP contribution in [0.25, 0.3) is 10.9 Å². The number of para-hydroxylation sites is 1. The van der Waals surface area contributed by atoms with Gasteiger partial charge in [0.05, 0.1) is 11.2 Å². The molecule has 1 amide bonds. The minimum atomic E-state index is -0.330. The zero-order valence-electron chi connectivity index (χ0n) is 19.7. The molecular weight excluding hydrogens is 433 g/mol. The fourth-order valence-corrected chi connectivity index (χ4v) is 4.93. The standard InChI is InChI=1S/C27H30FN3O3/c1-18-6-7-22-23(29-18)15-21(28)16-25(22)33-13-12-31-10-8-19(9-11-31)14-20-4-3-5-24-27(20)34-17-26(32)30(24)2/h3-7,15-16,19H,8-14,17H2,1-2H3. The Morgan fingerprint density at radius 3 is 2.82 bits per heavy atom. The van der Waals surface area contributed by atoms with Gasteiger partial charge in [-0.25, -0.2) is 4.39 Å². The first-order valence-corrected chi connectivity index (χ1v) is 11.9. The molecule has 0 atom stereocenters. The number of nitrogens with zero attached hydrogens (tertiary/aromatic N) is 3. The van der Waals surface area contributed by atoms with Gasteiger partial charge in [0.1, 0.15) is 23.9 Å². The van der Waals surface area contributed by atoms with Gasteiger partial charge in [-0.15, -0.1) is 0 Å². The summed E-state index contributed by atoms with van der Waals surface area (Å²) in [6.45, 7) is 5.33. The number of hydrogen-bond donors (Lipinski definition) is 0.